The van der Waals surface area contributed by atoms with Crippen molar-refractivity contribution >= 4 is 28.1 Å². The number of ketones is 1. The number of carbonyl (C=O) groups is 1. The molecule has 1 aliphatic rings. The Morgan fingerprint density at radius 3 is 2.08 bits per heavy atom. The summed E-state index contributed by atoms with van der Waals surface area (Å²) >= 11 is 0. The summed E-state index contributed by atoms with van der Waals surface area (Å²) in [5.74, 6) is -0.0759. The van der Waals surface area contributed by atoms with Gasteiger partial charge in [0.1, 0.15) is 0 Å². The van der Waals surface area contributed by atoms with Gasteiger partial charge in [-0.05, 0) is 62.6 Å². The molecule has 1 aliphatic carbocycles. The number of hydrogen-bond acceptors (Lipinski definition) is 4. The van der Waals surface area contributed by atoms with Gasteiger partial charge in [-0.2, -0.15) is 4.98 Å². The maximum Gasteiger partial charge on any atom is 0.353 e. The van der Waals surface area contributed by atoms with Crippen LogP contribution in [0.15, 0.2) is 77.6 Å². The van der Waals surface area contributed by atoms with Gasteiger partial charge in [-0.15, -0.1) is 0 Å². The lowest BCUT2D eigenvalue weighted by molar-refractivity contribution is 0.104. The summed E-state index contributed by atoms with van der Waals surface area (Å²) in [6.07, 6.45) is 0. The van der Waals surface area contributed by atoms with Crippen LogP contribution in [0.3, 0.4) is 0 Å². The van der Waals surface area contributed by atoms with Crippen LogP contribution in [-0.4, -0.2) is 15.3 Å². The molecule has 0 aliphatic heterocycles. The van der Waals surface area contributed by atoms with Gasteiger partial charge in [0.05, 0.1) is 28.1 Å². The minimum Gasteiger partial charge on any atom is -0.354 e. The Hall–Kier alpha value is -4.51. The molecule has 0 bridgehead atoms. The van der Waals surface area contributed by atoms with Crippen molar-refractivity contribution < 1.29 is 4.79 Å². The third kappa shape index (κ3) is 3.20. The molecular weight excluding hydrogens is 446 g/mol. The van der Waals surface area contributed by atoms with Crippen LogP contribution < -0.4 is 11.0 Å². The van der Waals surface area contributed by atoms with Crippen LogP contribution >= 0.6 is 0 Å². The van der Waals surface area contributed by atoms with E-state index in [1.807, 2.05) is 67.6 Å². The fourth-order valence-electron chi connectivity index (χ4n) is 5.50. The number of para-hydroxylation sites is 1. The molecule has 5 aromatic rings. The van der Waals surface area contributed by atoms with Gasteiger partial charge in [0, 0.05) is 22.2 Å². The molecule has 1 N–H and O–H groups in total. The number of nitrogens with zero attached hydrogens (tertiary/aromatic N) is 2. The molecule has 0 unspecified atom stereocenters. The highest BCUT2D eigenvalue weighted by atomic mass is 16.1. The monoisotopic (exact) mass is 471 g/mol. The average Bonchev–Trinajstić information content (AvgIpc) is 2.86. The Labute approximate surface area is 209 Å². The topological polar surface area (TPSA) is 64.0 Å². The second-order valence-corrected chi connectivity index (χ2v) is 9.53. The molecule has 0 spiro atoms. The zero-order valence-corrected chi connectivity index (χ0v) is 20.6. The fourth-order valence-corrected chi connectivity index (χ4v) is 5.50. The molecule has 4 aromatic carbocycles. The second-order valence-electron chi connectivity index (χ2n) is 9.53. The van der Waals surface area contributed by atoms with Crippen LogP contribution in [0.25, 0.3) is 27.8 Å². The number of nitrogens with one attached hydrogen (secondary N) is 1. The van der Waals surface area contributed by atoms with Crippen molar-refractivity contribution in [2.45, 2.75) is 27.7 Å². The Balaban J connectivity index is 1.74. The van der Waals surface area contributed by atoms with Gasteiger partial charge in [-0.3, -0.25) is 9.36 Å². The van der Waals surface area contributed by atoms with Crippen LogP contribution in [0.5, 0.6) is 0 Å². The zero-order chi connectivity index (χ0) is 25.1. The number of hydrogen-bond donors (Lipinski definition) is 1. The Bertz CT molecular complexity index is 1760. The largest absolute Gasteiger partial charge is 0.354 e. The lowest BCUT2D eigenvalue weighted by Crippen LogP contribution is -2.26. The third-order valence-electron chi connectivity index (χ3n) is 6.95. The molecule has 0 saturated carbocycles. The zero-order valence-electron chi connectivity index (χ0n) is 20.6. The number of fused-ring (bicyclic) bond motifs is 2. The van der Waals surface area contributed by atoms with E-state index in [9.17, 15) is 9.59 Å². The highest BCUT2D eigenvalue weighted by molar-refractivity contribution is 6.28. The van der Waals surface area contributed by atoms with E-state index in [-0.39, 0.29) is 11.5 Å². The van der Waals surface area contributed by atoms with E-state index in [4.69, 9.17) is 0 Å². The van der Waals surface area contributed by atoms with E-state index >= 15 is 0 Å². The van der Waals surface area contributed by atoms with Gasteiger partial charge in [-0.25, -0.2) is 4.79 Å². The third-order valence-corrected chi connectivity index (χ3v) is 6.95. The quantitative estimate of drug-likeness (QED) is 0.317. The lowest BCUT2D eigenvalue weighted by Gasteiger charge is -2.25. The standard InChI is InChI=1S/C31H25N3O2/c1-17-14-18(2)27(19(3)15-17)32-24-16-20(4)29-26-25(24)30(35)23-13-9-8-12-22(23)28(26)33-31(36)34(29)21-10-6-5-7-11-21/h5-16,32H,1-4H3. The summed E-state index contributed by atoms with van der Waals surface area (Å²) in [6.45, 7) is 8.19. The van der Waals surface area contributed by atoms with E-state index in [1.54, 1.807) is 4.57 Å². The van der Waals surface area contributed by atoms with Gasteiger partial charge in [-0.1, -0.05) is 60.2 Å². The number of aromatic nitrogens is 2. The van der Waals surface area contributed by atoms with Crippen molar-refractivity contribution in [1.82, 2.24) is 9.55 Å². The number of benzene rings is 4. The smallest absolute Gasteiger partial charge is 0.353 e. The summed E-state index contributed by atoms with van der Waals surface area (Å²) in [4.78, 5) is 32.0. The van der Waals surface area contributed by atoms with Crippen molar-refractivity contribution in [2.75, 3.05) is 5.32 Å². The normalized spacial score (nSPS) is 12.1. The summed E-state index contributed by atoms with van der Waals surface area (Å²) in [5, 5.41) is 4.28. The van der Waals surface area contributed by atoms with Crippen LogP contribution in [0, 0.1) is 27.7 Å². The number of carbonyl (C=O) groups excluding carboxylic acids is 1. The molecule has 6 rings (SSSR count). The highest BCUT2D eigenvalue weighted by Gasteiger charge is 2.31. The predicted molar refractivity (Wildman–Crippen MR) is 145 cm³/mol. The number of anilines is 2. The highest BCUT2D eigenvalue weighted by Crippen LogP contribution is 2.43. The SMILES string of the molecule is Cc1cc(C)c(Nc2cc(C)c3c4c(nc(=O)n3-c3ccccc3)-c3ccccc3C(=O)c24)c(C)c1. The minimum absolute atomic E-state index is 0.0759. The number of aryl methyl sites for hydroxylation is 4. The second kappa shape index (κ2) is 8.02. The molecule has 0 radical (unpaired) electrons. The Kier molecular flexibility index (Phi) is 4.90. The van der Waals surface area contributed by atoms with Crippen LogP contribution in [-0.2, 0) is 0 Å². The molecule has 5 heteroatoms. The maximum atomic E-state index is 14.0. The van der Waals surface area contributed by atoms with Crippen molar-refractivity contribution in [1.29, 1.82) is 0 Å². The Morgan fingerprint density at radius 2 is 1.39 bits per heavy atom. The molecule has 36 heavy (non-hydrogen) atoms. The first-order chi connectivity index (χ1) is 17.3. The minimum atomic E-state index is -0.368. The van der Waals surface area contributed by atoms with Crippen molar-refractivity contribution in [3.63, 3.8) is 0 Å². The first kappa shape index (κ1) is 22.0. The van der Waals surface area contributed by atoms with Gasteiger partial charge in [0.2, 0.25) is 0 Å². The van der Waals surface area contributed by atoms with E-state index in [0.717, 1.165) is 28.1 Å². The van der Waals surface area contributed by atoms with Crippen LogP contribution in [0.2, 0.25) is 0 Å². The molecule has 0 saturated heterocycles. The molecule has 0 fully saturated rings. The van der Waals surface area contributed by atoms with Gasteiger partial charge in [0.15, 0.2) is 5.78 Å². The van der Waals surface area contributed by atoms with Crippen molar-refractivity contribution in [3.05, 3.63) is 117 Å². The molecule has 1 aromatic heterocycles. The van der Waals surface area contributed by atoms with E-state index in [0.29, 0.717) is 39.0 Å². The van der Waals surface area contributed by atoms with Crippen LogP contribution in [0.1, 0.15) is 38.2 Å². The van der Waals surface area contributed by atoms with Crippen LogP contribution in [0.4, 0.5) is 11.4 Å². The molecule has 5 nitrogen and oxygen atoms in total. The Morgan fingerprint density at radius 1 is 0.750 bits per heavy atom. The molecule has 1 heterocycles. The van der Waals surface area contributed by atoms with Crippen molar-refractivity contribution in [2.24, 2.45) is 0 Å². The summed E-state index contributed by atoms with van der Waals surface area (Å²) in [6, 6.07) is 23.1. The van der Waals surface area contributed by atoms with Gasteiger partial charge in [0.25, 0.3) is 0 Å². The number of rotatable bonds is 3. The van der Waals surface area contributed by atoms with Crippen molar-refractivity contribution in [3.8, 4) is 16.9 Å². The summed E-state index contributed by atoms with van der Waals surface area (Å²) in [5.41, 5.74) is 9.38. The van der Waals surface area contributed by atoms with Gasteiger partial charge < -0.3 is 5.32 Å². The molecule has 0 amide bonds. The van der Waals surface area contributed by atoms with E-state index < -0.39 is 0 Å². The fraction of sp³-hybridized carbons (Fsp3) is 0.129. The summed E-state index contributed by atoms with van der Waals surface area (Å²) in [7, 11) is 0. The predicted octanol–water partition coefficient (Wildman–Crippen LogP) is 6.57. The average molecular weight is 472 g/mol. The molecule has 176 valence electrons. The van der Waals surface area contributed by atoms with E-state index in [1.165, 1.54) is 5.56 Å². The summed E-state index contributed by atoms with van der Waals surface area (Å²) < 4.78 is 1.62. The molecular formula is C31H25N3O2. The lowest BCUT2D eigenvalue weighted by atomic mass is 9.84. The van der Waals surface area contributed by atoms with E-state index in [2.05, 4.69) is 43.2 Å². The first-order valence-corrected chi connectivity index (χ1v) is 12.0. The molecule has 0 atom stereocenters. The first-order valence-electron chi connectivity index (χ1n) is 12.0. The van der Waals surface area contributed by atoms with Gasteiger partial charge >= 0.3 is 5.69 Å². The maximum absolute atomic E-state index is 14.0.